The highest BCUT2D eigenvalue weighted by atomic mass is 16.3. The van der Waals surface area contributed by atoms with Crippen LogP contribution in [0.4, 0.5) is 0 Å². The van der Waals surface area contributed by atoms with Crippen LogP contribution in [-0.2, 0) is 5.41 Å². The molecular weight excluding hydrogens is 208 g/mol. The van der Waals surface area contributed by atoms with Crippen LogP contribution in [0.2, 0.25) is 0 Å². The molecule has 0 aliphatic rings. The first kappa shape index (κ1) is 18.5. The summed E-state index contributed by atoms with van der Waals surface area (Å²) in [7, 11) is 0. The molecule has 0 unspecified atom stereocenters. The molecule has 0 heterocycles. The van der Waals surface area contributed by atoms with E-state index in [1.54, 1.807) is 0 Å². The molecule has 0 radical (unpaired) electrons. The Morgan fingerprint density at radius 3 is 1.94 bits per heavy atom. The summed E-state index contributed by atoms with van der Waals surface area (Å²) in [6.45, 7) is 14.6. The highest BCUT2D eigenvalue weighted by Crippen LogP contribution is 2.22. The molecule has 0 saturated heterocycles. The third kappa shape index (κ3) is 7.98. The molecule has 1 nitrogen and oxygen atoms in total. The van der Waals surface area contributed by atoms with Gasteiger partial charge in [0.05, 0.1) is 6.61 Å². The zero-order valence-corrected chi connectivity index (χ0v) is 12.7. The van der Waals surface area contributed by atoms with Crippen molar-refractivity contribution >= 4 is 0 Å². The van der Waals surface area contributed by atoms with Gasteiger partial charge >= 0.3 is 0 Å². The molecule has 100 valence electrons. The summed E-state index contributed by atoms with van der Waals surface area (Å²) >= 11 is 0. The zero-order valence-electron chi connectivity index (χ0n) is 12.7. The second-order valence-corrected chi connectivity index (χ2v) is 4.62. The fourth-order valence-corrected chi connectivity index (χ4v) is 1.16. The summed E-state index contributed by atoms with van der Waals surface area (Å²) in [6.07, 6.45) is 1.25. The van der Waals surface area contributed by atoms with Crippen LogP contribution in [0.5, 0.6) is 0 Å². The summed E-state index contributed by atoms with van der Waals surface area (Å²) in [5.74, 6) is 0. The largest absolute Gasteiger partial charge is 0.395 e. The number of rotatable bonds is 2. The minimum atomic E-state index is -0.119. The van der Waals surface area contributed by atoms with Crippen LogP contribution in [-0.4, -0.2) is 11.7 Å². The Bertz CT molecular complexity index is 277. The summed E-state index contributed by atoms with van der Waals surface area (Å²) in [5, 5.41) is 9.14. The summed E-state index contributed by atoms with van der Waals surface area (Å²) in [5.41, 5.74) is 2.32. The molecule has 0 aliphatic carbocycles. The van der Waals surface area contributed by atoms with Crippen LogP contribution in [0.15, 0.2) is 24.3 Å². The van der Waals surface area contributed by atoms with Crippen LogP contribution < -0.4 is 0 Å². The SMILES string of the molecule is CC.CCC.Cc1cccc(C(C)(C)CO)c1. The van der Waals surface area contributed by atoms with Crippen molar-refractivity contribution < 1.29 is 5.11 Å². The number of aliphatic hydroxyl groups is 1. The lowest BCUT2D eigenvalue weighted by atomic mass is 9.85. The van der Waals surface area contributed by atoms with Gasteiger partial charge in [-0.05, 0) is 12.5 Å². The van der Waals surface area contributed by atoms with Crippen molar-refractivity contribution in [2.75, 3.05) is 6.61 Å². The Labute approximate surface area is 108 Å². The molecule has 17 heavy (non-hydrogen) atoms. The second-order valence-electron chi connectivity index (χ2n) is 4.62. The molecule has 0 bridgehead atoms. The van der Waals surface area contributed by atoms with E-state index in [2.05, 4.69) is 39.0 Å². The van der Waals surface area contributed by atoms with Gasteiger partial charge in [-0.1, -0.05) is 77.8 Å². The van der Waals surface area contributed by atoms with Gasteiger partial charge in [0.2, 0.25) is 0 Å². The first-order valence-corrected chi connectivity index (χ1v) is 6.66. The highest BCUT2D eigenvalue weighted by molar-refractivity contribution is 5.28. The molecule has 0 amide bonds. The number of aryl methyl sites for hydroxylation is 1. The van der Waals surface area contributed by atoms with Crippen LogP contribution in [0.3, 0.4) is 0 Å². The maximum absolute atomic E-state index is 9.14. The molecule has 1 heteroatoms. The third-order valence-electron chi connectivity index (χ3n) is 2.19. The van der Waals surface area contributed by atoms with Crippen molar-refractivity contribution in [3.63, 3.8) is 0 Å². The van der Waals surface area contributed by atoms with Crippen molar-refractivity contribution in [2.24, 2.45) is 0 Å². The smallest absolute Gasteiger partial charge is 0.0522 e. The molecule has 0 saturated carbocycles. The normalized spacial score (nSPS) is 9.65. The molecular formula is C16H30O. The molecule has 0 aliphatic heterocycles. The molecule has 1 N–H and O–H groups in total. The zero-order chi connectivity index (χ0) is 13.9. The highest BCUT2D eigenvalue weighted by Gasteiger charge is 2.18. The van der Waals surface area contributed by atoms with Gasteiger partial charge in [-0.15, -0.1) is 0 Å². The van der Waals surface area contributed by atoms with Crippen molar-refractivity contribution in [1.82, 2.24) is 0 Å². The number of aliphatic hydroxyl groups excluding tert-OH is 1. The van der Waals surface area contributed by atoms with Gasteiger partial charge in [0.1, 0.15) is 0 Å². The fourth-order valence-electron chi connectivity index (χ4n) is 1.16. The van der Waals surface area contributed by atoms with Gasteiger partial charge in [-0.3, -0.25) is 0 Å². The van der Waals surface area contributed by atoms with E-state index in [1.807, 2.05) is 33.8 Å². The standard InChI is InChI=1S/C11H16O.C3H8.C2H6/c1-9-5-4-6-10(7-9)11(2,3)8-12;1-3-2;1-2/h4-7,12H,8H2,1-3H3;3H2,1-2H3;1-2H3. The van der Waals surface area contributed by atoms with Gasteiger partial charge < -0.3 is 5.11 Å². The maximum Gasteiger partial charge on any atom is 0.0522 e. The van der Waals surface area contributed by atoms with E-state index in [-0.39, 0.29) is 12.0 Å². The maximum atomic E-state index is 9.14. The number of benzene rings is 1. The van der Waals surface area contributed by atoms with E-state index in [4.69, 9.17) is 5.11 Å². The average Bonchev–Trinajstić information content (AvgIpc) is 2.33. The molecule has 0 spiro atoms. The quantitative estimate of drug-likeness (QED) is 0.791. The molecule has 0 fully saturated rings. The van der Waals surface area contributed by atoms with Crippen molar-refractivity contribution in [3.05, 3.63) is 35.4 Å². The molecule has 1 aromatic rings. The predicted octanol–water partition coefficient (Wildman–Crippen LogP) is 4.71. The minimum Gasteiger partial charge on any atom is -0.395 e. The Kier molecular flexibility index (Phi) is 11.3. The minimum absolute atomic E-state index is 0.119. The lowest BCUT2D eigenvalue weighted by Gasteiger charge is -2.22. The lowest BCUT2D eigenvalue weighted by molar-refractivity contribution is 0.218. The Hall–Kier alpha value is -0.820. The van der Waals surface area contributed by atoms with E-state index in [0.717, 1.165) is 0 Å². The van der Waals surface area contributed by atoms with Crippen molar-refractivity contribution in [1.29, 1.82) is 0 Å². The van der Waals surface area contributed by atoms with Crippen LogP contribution in [0, 0.1) is 6.92 Å². The van der Waals surface area contributed by atoms with E-state index in [9.17, 15) is 0 Å². The van der Waals surface area contributed by atoms with Gasteiger partial charge in [0, 0.05) is 5.41 Å². The van der Waals surface area contributed by atoms with Crippen LogP contribution >= 0.6 is 0 Å². The van der Waals surface area contributed by atoms with Crippen molar-refractivity contribution in [3.8, 4) is 0 Å². The Balaban J connectivity index is 0. The molecule has 0 atom stereocenters. The van der Waals surface area contributed by atoms with Crippen LogP contribution in [0.1, 0.15) is 59.1 Å². The fraction of sp³-hybridized carbons (Fsp3) is 0.625. The van der Waals surface area contributed by atoms with Gasteiger partial charge in [-0.25, -0.2) is 0 Å². The van der Waals surface area contributed by atoms with Gasteiger partial charge in [0.15, 0.2) is 0 Å². The van der Waals surface area contributed by atoms with E-state index in [1.165, 1.54) is 17.5 Å². The predicted molar refractivity (Wildman–Crippen MR) is 78.6 cm³/mol. The molecule has 0 aromatic heterocycles. The Morgan fingerprint density at radius 2 is 1.59 bits per heavy atom. The topological polar surface area (TPSA) is 20.2 Å². The summed E-state index contributed by atoms with van der Waals surface area (Å²) < 4.78 is 0. The average molecular weight is 238 g/mol. The molecule has 1 aromatic carbocycles. The number of hydrogen-bond donors (Lipinski definition) is 1. The van der Waals surface area contributed by atoms with Crippen molar-refractivity contribution in [2.45, 2.75) is 60.3 Å². The first-order valence-electron chi connectivity index (χ1n) is 6.66. The lowest BCUT2D eigenvalue weighted by Crippen LogP contribution is -2.21. The summed E-state index contributed by atoms with van der Waals surface area (Å²) in [6, 6.07) is 8.28. The Morgan fingerprint density at radius 1 is 1.12 bits per heavy atom. The second kappa shape index (κ2) is 10.3. The number of hydrogen-bond acceptors (Lipinski definition) is 1. The first-order chi connectivity index (χ1) is 7.97. The van der Waals surface area contributed by atoms with E-state index >= 15 is 0 Å². The summed E-state index contributed by atoms with van der Waals surface area (Å²) in [4.78, 5) is 0. The van der Waals surface area contributed by atoms with E-state index < -0.39 is 0 Å². The van der Waals surface area contributed by atoms with Gasteiger partial charge in [0.25, 0.3) is 0 Å². The van der Waals surface area contributed by atoms with Gasteiger partial charge in [-0.2, -0.15) is 0 Å². The van der Waals surface area contributed by atoms with E-state index in [0.29, 0.717) is 0 Å². The third-order valence-corrected chi connectivity index (χ3v) is 2.19. The molecule has 1 rings (SSSR count). The van der Waals surface area contributed by atoms with Crippen LogP contribution in [0.25, 0.3) is 0 Å². The monoisotopic (exact) mass is 238 g/mol.